The Bertz CT molecular complexity index is 878. The van der Waals surface area contributed by atoms with Crippen LogP contribution in [-0.4, -0.2) is 5.91 Å². The van der Waals surface area contributed by atoms with E-state index in [0.29, 0.717) is 5.69 Å². The fourth-order valence-corrected chi connectivity index (χ4v) is 2.45. The number of hydrogen-bond donors (Lipinski definition) is 2. The van der Waals surface area contributed by atoms with E-state index < -0.39 is 23.2 Å². The Kier molecular flexibility index (Phi) is 6.07. The summed E-state index contributed by atoms with van der Waals surface area (Å²) in [6.45, 7) is 5.84. The molecule has 0 atom stereocenters. The van der Waals surface area contributed by atoms with Gasteiger partial charge in [0.25, 0.3) is 5.91 Å². The van der Waals surface area contributed by atoms with Crippen molar-refractivity contribution in [2.75, 3.05) is 10.6 Å². The highest BCUT2D eigenvalue weighted by atomic mass is 19.1. The lowest BCUT2D eigenvalue weighted by Crippen LogP contribution is -2.17. The SMILES string of the molecule is Cc1cccc(C(C)C)c1NC(=O)/C(C#N)=C\Nc1c(F)cccc1F. The molecule has 0 aliphatic carbocycles. The predicted octanol–water partition coefficient (Wildman–Crippen LogP) is 4.85. The summed E-state index contributed by atoms with van der Waals surface area (Å²) in [5.41, 5.74) is 1.70. The number of carbonyl (C=O) groups is 1. The van der Waals surface area contributed by atoms with E-state index in [-0.39, 0.29) is 11.5 Å². The van der Waals surface area contributed by atoms with Gasteiger partial charge in [0.1, 0.15) is 29.0 Å². The molecule has 0 fully saturated rings. The number of nitrogens with one attached hydrogen (secondary N) is 2. The molecule has 2 N–H and O–H groups in total. The molecule has 26 heavy (non-hydrogen) atoms. The van der Waals surface area contributed by atoms with E-state index in [9.17, 15) is 18.8 Å². The van der Waals surface area contributed by atoms with E-state index in [1.54, 1.807) is 6.07 Å². The highest BCUT2D eigenvalue weighted by Gasteiger charge is 2.16. The van der Waals surface area contributed by atoms with Gasteiger partial charge in [-0.1, -0.05) is 38.1 Å². The standard InChI is InChI=1S/C20H19F2N3O/c1-12(2)15-7-4-6-13(3)18(15)25-20(26)14(10-23)11-24-19-16(21)8-5-9-17(19)22/h4-9,11-12,24H,1-3H3,(H,25,26)/b14-11-. The van der Waals surface area contributed by atoms with Gasteiger partial charge in [-0.05, 0) is 36.1 Å². The van der Waals surface area contributed by atoms with Crippen LogP contribution in [0.25, 0.3) is 0 Å². The molecule has 2 aromatic carbocycles. The number of hydrogen-bond acceptors (Lipinski definition) is 3. The normalized spacial score (nSPS) is 11.2. The van der Waals surface area contributed by atoms with E-state index in [4.69, 9.17) is 0 Å². The molecule has 0 aromatic heterocycles. The van der Waals surface area contributed by atoms with Gasteiger partial charge in [0.2, 0.25) is 0 Å². The molecule has 0 bridgehead atoms. The maximum Gasteiger partial charge on any atom is 0.267 e. The van der Waals surface area contributed by atoms with Gasteiger partial charge in [-0.25, -0.2) is 8.78 Å². The fraction of sp³-hybridized carbons (Fsp3) is 0.200. The quantitative estimate of drug-likeness (QED) is 0.595. The average molecular weight is 355 g/mol. The van der Waals surface area contributed by atoms with E-state index >= 15 is 0 Å². The Labute approximate surface area is 151 Å². The van der Waals surface area contributed by atoms with E-state index in [0.717, 1.165) is 29.5 Å². The van der Waals surface area contributed by atoms with Crippen LogP contribution in [0.3, 0.4) is 0 Å². The summed E-state index contributed by atoms with van der Waals surface area (Å²) in [5.74, 6) is -2.13. The van der Waals surface area contributed by atoms with Crippen LogP contribution in [-0.2, 0) is 4.79 Å². The second-order valence-electron chi connectivity index (χ2n) is 6.06. The summed E-state index contributed by atoms with van der Waals surface area (Å²) >= 11 is 0. The van der Waals surface area contributed by atoms with Gasteiger partial charge in [-0.2, -0.15) is 5.26 Å². The van der Waals surface area contributed by atoms with Crippen LogP contribution in [0, 0.1) is 29.9 Å². The number of rotatable bonds is 5. The van der Waals surface area contributed by atoms with Gasteiger partial charge >= 0.3 is 0 Å². The molecule has 0 aliphatic rings. The van der Waals surface area contributed by atoms with Crippen LogP contribution < -0.4 is 10.6 Å². The molecule has 0 heterocycles. The molecule has 0 spiro atoms. The third-order valence-electron chi connectivity index (χ3n) is 3.85. The molecule has 0 aliphatic heterocycles. The minimum atomic E-state index is -0.819. The van der Waals surface area contributed by atoms with Crippen LogP contribution in [0.4, 0.5) is 20.2 Å². The molecule has 4 nitrogen and oxygen atoms in total. The predicted molar refractivity (Wildman–Crippen MR) is 97.6 cm³/mol. The van der Waals surface area contributed by atoms with Crippen molar-refractivity contribution in [2.45, 2.75) is 26.7 Å². The minimum absolute atomic E-state index is 0.172. The van der Waals surface area contributed by atoms with Crippen molar-refractivity contribution in [3.05, 3.63) is 70.9 Å². The lowest BCUT2D eigenvalue weighted by Gasteiger charge is -2.16. The summed E-state index contributed by atoms with van der Waals surface area (Å²) in [4.78, 5) is 12.4. The fourth-order valence-electron chi connectivity index (χ4n) is 2.45. The maximum absolute atomic E-state index is 13.6. The molecule has 0 saturated carbocycles. The summed E-state index contributed by atoms with van der Waals surface area (Å²) in [5, 5.41) is 14.3. The Balaban J connectivity index is 2.27. The molecule has 1 amide bonds. The number of amides is 1. The summed E-state index contributed by atoms with van der Waals surface area (Å²) in [6, 6.07) is 10.8. The number of nitrogens with zero attached hydrogens (tertiary/aromatic N) is 1. The zero-order valence-electron chi connectivity index (χ0n) is 14.7. The molecule has 0 saturated heterocycles. The van der Waals surface area contributed by atoms with Crippen LogP contribution in [0.15, 0.2) is 48.2 Å². The Morgan fingerprint density at radius 1 is 1.12 bits per heavy atom. The van der Waals surface area contributed by atoms with Crippen molar-refractivity contribution in [2.24, 2.45) is 0 Å². The average Bonchev–Trinajstić information content (AvgIpc) is 2.59. The van der Waals surface area contributed by atoms with E-state index in [1.807, 2.05) is 39.0 Å². The highest BCUT2D eigenvalue weighted by molar-refractivity contribution is 6.07. The van der Waals surface area contributed by atoms with Gasteiger partial charge in [-0.3, -0.25) is 4.79 Å². The maximum atomic E-state index is 13.6. The topological polar surface area (TPSA) is 64.9 Å². The monoisotopic (exact) mass is 355 g/mol. The number of para-hydroxylation sites is 2. The molecule has 6 heteroatoms. The molecular weight excluding hydrogens is 336 g/mol. The van der Waals surface area contributed by atoms with E-state index in [2.05, 4.69) is 10.6 Å². The first-order chi connectivity index (χ1) is 12.3. The molecule has 2 aromatic rings. The molecule has 134 valence electrons. The van der Waals surface area contributed by atoms with Crippen molar-refractivity contribution in [1.29, 1.82) is 5.26 Å². The largest absolute Gasteiger partial charge is 0.355 e. The van der Waals surface area contributed by atoms with Gasteiger partial charge in [0, 0.05) is 11.9 Å². The second kappa shape index (κ2) is 8.26. The van der Waals surface area contributed by atoms with Crippen molar-refractivity contribution in [1.82, 2.24) is 0 Å². The number of nitriles is 1. The molecule has 2 rings (SSSR count). The van der Waals surface area contributed by atoms with Crippen LogP contribution in [0.5, 0.6) is 0 Å². The Morgan fingerprint density at radius 3 is 2.31 bits per heavy atom. The third-order valence-corrected chi connectivity index (χ3v) is 3.85. The zero-order valence-corrected chi connectivity index (χ0v) is 14.7. The van der Waals surface area contributed by atoms with Gasteiger partial charge in [-0.15, -0.1) is 0 Å². The number of carbonyl (C=O) groups excluding carboxylic acids is 1. The number of benzene rings is 2. The van der Waals surface area contributed by atoms with Crippen molar-refractivity contribution < 1.29 is 13.6 Å². The summed E-state index contributed by atoms with van der Waals surface area (Å²) in [7, 11) is 0. The minimum Gasteiger partial charge on any atom is -0.355 e. The van der Waals surface area contributed by atoms with E-state index in [1.165, 1.54) is 6.07 Å². The second-order valence-corrected chi connectivity index (χ2v) is 6.06. The van der Waals surface area contributed by atoms with Crippen LogP contribution in [0.2, 0.25) is 0 Å². The van der Waals surface area contributed by atoms with Crippen molar-refractivity contribution in [3.63, 3.8) is 0 Å². The van der Waals surface area contributed by atoms with Crippen molar-refractivity contribution >= 4 is 17.3 Å². The van der Waals surface area contributed by atoms with Crippen LogP contribution in [0.1, 0.15) is 30.9 Å². The lowest BCUT2D eigenvalue weighted by atomic mass is 9.98. The smallest absolute Gasteiger partial charge is 0.267 e. The first kappa shape index (κ1) is 19.1. The van der Waals surface area contributed by atoms with Gasteiger partial charge < -0.3 is 10.6 Å². The third kappa shape index (κ3) is 4.25. The molecule has 0 radical (unpaired) electrons. The van der Waals surface area contributed by atoms with Gasteiger partial charge in [0.05, 0.1) is 0 Å². The first-order valence-electron chi connectivity index (χ1n) is 8.06. The highest BCUT2D eigenvalue weighted by Crippen LogP contribution is 2.27. The number of aryl methyl sites for hydroxylation is 1. The van der Waals surface area contributed by atoms with Gasteiger partial charge in [0.15, 0.2) is 0 Å². The van der Waals surface area contributed by atoms with Crippen molar-refractivity contribution in [3.8, 4) is 6.07 Å². The molecule has 0 unspecified atom stereocenters. The zero-order chi connectivity index (χ0) is 19.3. The summed E-state index contributed by atoms with van der Waals surface area (Å²) < 4.78 is 27.3. The summed E-state index contributed by atoms with van der Waals surface area (Å²) in [6.07, 6.45) is 0.990. The Hall–Kier alpha value is -3.20. The number of halogens is 2. The first-order valence-corrected chi connectivity index (χ1v) is 8.06. The Morgan fingerprint density at radius 2 is 1.73 bits per heavy atom. The lowest BCUT2D eigenvalue weighted by molar-refractivity contribution is -0.112. The van der Waals surface area contributed by atoms with Crippen LogP contribution >= 0.6 is 0 Å². The number of anilines is 2. The molecular formula is C20H19F2N3O.